The van der Waals surface area contributed by atoms with E-state index in [2.05, 4.69) is 22.4 Å². The molecule has 4 rings (SSSR count). The van der Waals surface area contributed by atoms with E-state index in [0.717, 1.165) is 26.7 Å². The van der Waals surface area contributed by atoms with Gasteiger partial charge in [-0.2, -0.15) is 0 Å². The van der Waals surface area contributed by atoms with Crippen LogP contribution in [0.25, 0.3) is 10.6 Å². The number of hydrogen-bond donors (Lipinski definition) is 1. The number of rotatable bonds is 11. The fourth-order valence-electron chi connectivity index (χ4n) is 5.07. The Bertz CT molecular complexity index is 1490. The maximum atomic E-state index is 13.8. The zero-order valence-electron chi connectivity index (χ0n) is 27.7. The molecule has 45 heavy (non-hydrogen) atoms. The third kappa shape index (κ3) is 9.04. The summed E-state index contributed by atoms with van der Waals surface area (Å²) in [7, 11) is 1.74. The number of aryl methyl sites for hydroxylation is 2. The summed E-state index contributed by atoms with van der Waals surface area (Å²) in [6.45, 7) is 14.8. The number of likely N-dealkylation sites (N-methyl/N-ethyl adjacent to an activating group) is 1. The Hall–Kier alpha value is -3.96. The van der Waals surface area contributed by atoms with Crippen LogP contribution in [0.5, 0.6) is 0 Å². The van der Waals surface area contributed by atoms with Crippen molar-refractivity contribution in [1.82, 2.24) is 24.8 Å². The molecule has 3 amide bonds. The Labute approximate surface area is 270 Å². The summed E-state index contributed by atoms with van der Waals surface area (Å²) >= 11 is 1.62. The van der Waals surface area contributed by atoms with E-state index in [1.54, 1.807) is 28.3 Å². The molecule has 242 valence electrons. The second-order valence-electron chi connectivity index (χ2n) is 12.8. The van der Waals surface area contributed by atoms with Crippen molar-refractivity contribution < 1.29 is 19.1 Å². The Morgan fingerprint density at radius 3 is 2.27 bits per heavy atom. The van der Waals surface area contributed by atoms with Gasteiger partial charge in [0.15, 0.2) is 0 Å². The van der Waals surface area contributed by atoms with Crippen LogP contribution < -0.4 is 5.32 Å². The van der Waals surface area contributed by atoms with E-state index in [9.17, 15) is 14.4 Å². The molecule has 0 atom stereocenters. The maximum Gasteiger partial charge on any atom is 0.410 e. The Balaban J connectivity index is 1.48. The zero-order valence-corrected chi connectivity index (χ0v) is 28.5. The first-order valence-electron chi connectivity index (χ1n) is 15.3. The first-order chi connectivity index (χ1) is 21.2. The molecule has 0 fully saturated rings. The molecule has 1 aromatic heterocycles. The highest BCUT2D eigenvalue weighted by atomic mass is 32.1. The number of ether oxygens (including phenoxy) is 1. The smallest absolute Gasteiger partial charge is 0.410 e. The van der Waals surface area contributed by atoms with Gasteiger partial charge in [-0.25, -0.2) is 14.8 Å². The number of thiazole rings is 1. The average Bonchev–Trinajstić information content (AvgIpc) is 3.60. The molecule has 2 aromatic carbocycles. The van der Waals surface area contributed by atoms with E-state index in [-0.39, 0.29) is 44.0 Å². The van der Waals surface area contributed by atoms with Gasteiger partial charge in [0, 0.05) is 61.6 Å². The number of amides is 3. The van der Waals surface area contributed by atoms with Crippen molar-refractivity contribution in [3.63, 3.8) is 0 Å². The van der Waals surface area contributed by atoms with Crippen LogP contribution in [0, 0.1) is 13.8 Å². The first kappa shape index (κ1) is 33.9. The number of benzene rings is 2. The van der Waals surface area contributed by atoms with Crippen molar-refractivity contribution in [3.05, 3.63) is 70.2 Å². The van der Waals surface area contributed by atoms with Gasteiger partial charge in [-0.3, -0.25) is 14.6 Å². The molecule has 0 bridgehead atoms. The molecule has 3 aromatic rings. The molecule has 10 nitrogen and oxygen atoms in total. The van der Waals surface area contributed by atoms with E-state index >= 15 is 0 Å². The summed E-state index contributed by atoms with van der Waals surface area (Å²) in [6, 6.07) is 14.0. The van der Waals surface area contributed by atoms with E-state index in [0.29, 0.717) is 13.1 Å². The second kappa shape index (κ2) is 14.4. The number of carbonyl (C=O) groups excluding carboxylic acids is 3. The lowest BCUT2D eigenvalue weighted by Gasteiger charge is -2.33. The van der Waals surface area contributed by atoms with Crippen LogP contribution in [0.1, 0.15) is 56.2 Å². The van der Waals surface area contributed by atoms with Gasteiger partial charge < -0.3 is 19.9 Å². The molecule has 0 saturated carbocycles. The first-order valence-corrected chi connectivity index (χ1v) is 16.2. The molecule has 0 radical (unpaired) electrons. The zero-order chi connectivity index (χ0) is 32.9. The SMILES string of the molecule is Cc1cnc(-c2ccc(C)c(NCC(=O)N(CCN(C(=O)OC(C)(C)C)C(C)C)CC(=O)N(C)N3Cc4ccccc4C3)c2)s1. The number of anilines is 1. The third-order valence-corrected chi connectivity index (χ3v) is 8.65. The third-order valence-electron chi connectivity index (χ3n) is 7.69. The molecule has 0 saturated heterocycles. The number of nitrogens with zero attached hydrogens (tertiary/aromatic N) is 5. The molecule has 1 aliphatic heterocycles. The van der Waals surface area contributed by atoms with Gasteiger partial charge in [0.25, 0.3) is 5.91 Å². The summed E-state index contributed by atoms with van der Waals surface area (Å²) in [6.07, 6.45) is 1.40. The molecular formula is C34H46N6O4S. The van der Waals surface area contributed by atoms with E-state index in [1.165, 1.54) is 16.0 Å². The van der Waals surface area contributed by atoms with Gasteiger partial charge in [0.1, 0.15) is 17.2 Å². The van der Waals surface area contributed by atoms with Gasteiger partial charge in [-0.1, -0.05) is 36.4 Å². The Kier molecular flexibility index (Phi) is 10.9. The molecule has 1 N–H and O–H groups in total. The van der Waals surface area contributed by atoms with Crippen LogP contribution in [0.4, 0.5) is 10.5 Å². The minimum atomic E-state index is -0.653. The van der Waals surface area contributed by atoms with Gasteiger partial charge in [0.05, 0.1) is 6.54 Å². The van der Waals surface area contributed by atoms with Crippen LogP contribution >= 0.6 is 11.3 Å². The normalized spacial score (nSPS) is 13.0. The van der Waals surface area contributed by atoms with Crippen LogP contribution in [0.2, 0.25) is 0 Å². The van der Waals surface area contributed by atoms with Crippen molar-refractivity contribution in [1.29, 1.82) is 0 Å². The highest BCUT2D eigenvalue weighted by Crippen LogP contribution is 2.29. The highest BCUT2D eigenvalue weighted by molar-refractivity contribution is 7.14. The van der Waals surface area contributed by atoms with Crippen LogP contribution in [-0.2, 0) is 27.4 Å². The Morgan fingerprint density at radius 1 is 1.02 bits per heavy atom. The minimum absolute atomic E-state index is 0.0124. The summed E-state index contributed by atoms with van der Waals surface area (Å²) < 4.78 is 5.62. The second-order valence-corrected chi connectivity index (χ2v) is 14.0. The van der Waals surface area contributed by atoms with E-state index < -0.39 is 11.7 Å². The lowest BCUT2D eigenvalue weighted by atomic mass is 10.1. The molecule has 2 heterocycles. The predicted molar refractivity (Wildman–Crippen MR) is 179 cm³/mol. The number of hydrogen-bond acceptors (Lipinski definition) is 8. The molecule has 1 aliphatic rings. The van der Waals surface area contributed by atoms with Crippen LogP contribution in [0.15, 0.2) is 48.7 Å². The quantitative estimate of drug-likeness (QED) is 0.289. The molecule has 0 unspecified atom stereocenters. The number of fused-ring (bicyclic) bond motifs is 1. The van der Waals surface area contributed by atoms with Crippen molar-refractivity contribution >= 4 is 34.9 Å². The topological polar surface area (TPSA) is 98.3 Å². The van der Waals surface area contributed by atoms with Crippen LogP contribution in [-0.4, -0.2) is 87.6 Å². The molecular weight excluding hydrogens is 588 g/mol. The standard InChI is InChI=1S/C34H46N6O4S/c1-23(2)40(33(43)44-34(5,6)7)16-15-38(22-31(42)37(8)39-20-27-11-9-10-12-28(27)21-39)30(41)19-35-29-17-26(14-13-24(29)3)32-36-18-25(4)45-32/h9-14,17-18,23,35H,15-16,19-22H2,1-8H3. The van der Waals surface area contributed by atoms with E-state index in [1.807, 2.05) is 90.0 Å². The summed E-state index contributed by atoms with van der Waals surface area (Å²) in [5.41, 5.74) is 4.50. The lowest BCUT2D eigenvalue weighted by Crippen LogP contribution is -2.51. The number of nitrogens with one attached hydrogen (secondary N) is 1. The summed E-state index contributed by atoms with van der Waals surface area (Å²) in [4.78, 5) is 49.1. The van der Waals surface area contributed by atoms with E-state index in [4.69, 9.17) is 4.74 Å². The van der Waals surface area contributed by atoms with Crippen molar-refractivity contribution in [2.24, 2.45) is 0 Å². The number of carbonyl (C=O) groups is 3. The van der Waals surface area contributed by atoms with Gasteiger partial charge in [-0.15, -0.1) is 11.3 Å². The summed E-state index contributed by atoms with van der Waals surface area (Å²) in [5.74, 6) is -0.453. The predicted octanol–water partition coefficient (Wildman–Crippen LogP) is 5.70. The fraction of sp³-hybridized carbons (Fsp3) is 0.471. The number of hydrazine groups is 1. The fourth-order valence-corrected chi connectivity index (χ4v) is 5.83. The van der Waals surface area contributed by atoms with Gasteiger partial charge >= 0.3 is 6.09 Å². The molecule has 11 heteroatoms. The van der Waals surface area contributed by atoms with Gasteiger partial charge in [0.2, 0.25) is 5.91 Å². The monoisotopic (exact) mass is 634 g/mol. The van der Waals surface area contributed by atoms with Crippen molar-refractivity contribution in [2.45, 2.75) is 73.2 Å². The van der Waals surface area contributed by atoms with Gasteiger partial charge in [-0.05, 0) is 71.2 Å². The maximum absolute atomic E-state index is 13.8. The molecule has 0 spiro atoms. The van der Waals surface area contributed by atoms with Crippen molar-refractivity contribution in [3.8, 4) is 10.6 Å². The largest absolute Gasteiger partial charge is 0.444 e. The number of aromatic nitrogens is 1. The highest BCUT2D eigenvalue weighted by Gasteiger charge is 2.29. The average molecular weight is 635 g/mol. The molecule has 0 aliphatic carbocycles. The lowest BCUT2D eigenvalue weighted by molar-refractivity contribution is -0.151. The van der Waals surface area contributed by atoms with Crippen molar-refractivity contribution in [2.75, 3.05) is 38.5 Å². The van der Waals surface area contributed by atoms with Crippen LogP contribution in [0.3, 0.4) is 0 Å². The summed E-state index contributed by atoms with van der Waals surface area (Å²) in [5, 5.41) is 7.78. The minimum Gasteiger partial charge on any atom is -0.444 e. The Morgan fingerprint density at radius 2 is 1.69 bits per heavy atom.